The Hall–Kier alpha value is -5.18. The van der Waals surface area contributed by atoms with E-state index in [-0.39, 0.29) is 18.8 Å². The van der Waals surface area contributed by atoms with Crippen LogP contribution in [0.4, 0.5) is 11.4 Å². The van der Waals surface area contributed by atoms with Gasteiger partial charge in [-0.3, -0.25) is 9.59 Å². The van der Waals surface area contributed by atoms with Gasteiger partial charge in [-0.25, -0.2) is 9.59 Å². The summed E-state index contributed by atoms with van der Waals surface area (Å²) in [5.74, 6) is -2.23. The second-order valence-corrected chi connectivity index (χ2v) is 8.35. The number of para-hydroxylation sites is 1. The van der Waals surface area contributed by atoms with Gasteiger partial charge in [-0.2, -0.15) is 0 Å². The number of benzene rings is 3. The molecular weight excluding hydrogens is 498 g/mol. The van der Waals surface area contributed by atoms with Crippen LogP contribution in [0.25, 0.3) is 17.0 Å². The highest BCUT2D eigenvalue weighted by molar-refractivity contribution is 6.29. The maximum atomic E-state index is 13.3. The number of hydrogen-bond donors (Lipinski definition) is 3. The summed E-state index contributed by atoms with van der Waals surface area (Å²) in [5, 5.41) is 6.27. The lowest BCUT2D eigenvalue weighted by atomic mass is 10.1. The lowest BCUT2D eigenvalue weighted by Gasteiger charge is -2.11. The first-order valence-corrected chi connectivity index (χ1v) is 12.3. The fraction of sp³-hybridized carbons (Fsp3) is 0.133. The number of amides is 2. The number of nitrogens with one attached hydrogen (secondary N) is 3. The summed E-state index contributed by atoms with van der Waals surface area (Å²) in [6.45, 7) is 3.93. The van der Waals surface area contributed by atoms with Crippen molar-refractivity contribution in [3.05, 3.63) is 101 Å². The zero-order valence-electron chi connectivity index (χ0n) is 21.4. The molecule has 0 saturated heterocycles. The van der Waals surface area contributed by atoms with E-state index >= 15 is 0 Å². The third-order valence-corrected chi connectivity index (χ3v) is 5.72. The number of H-pyrrole nitrogens is 1. The number of fused-ring (bicyclic) bond motifs is 1. The van der Waals surface area contributed by atoms with Crippen LogP contribution in [0.2, 0.25) is 0 Å². The van der Waals surface area contributed by atoms with Gasteiger partial charge in [0.1, 0.15) is 5.57 Å². The van der Waals surface area contributed by atoms with Gasteiger partial charge in [-0.1, -0.05) is 18.2 Å². The molecule has 3 N–H and O–H groups in total. The Morgan fingerprint density at radius 2 is 1.21 bits per heavy atom. The molecule has 9 nitrogen and oxygen atoms in total. The summed E-state index contributed by atoms with van der Waals surface area (Å²) < 4.78 is 9.97. The smallest absolute Gasteiger partial charge is 0.338 e. The molecule has 4 rings (SSSR count). The van der Waals surface area contributed by atoms with Crippen molar-refractivity contribution in [3.63, 3.8) is 0 Å². The SMILES string of the molecule is CCOC(=O)c1ccc(NC(=O)C(=Cc2c[nH]c3ccccc23)C(=O)Nc2ccc(C(=O)OCC)cc2)cc1. The van der Waals surface area contributed by atoms with Crippen molar-refractivity contribution in [1.29, 1.82) is 0 Å². The zero-order chi connectivity index (χ0) is 27.8. The fourth-order valence-corrected chi connectivity index (χ4v) is 3.81. The molecule has 0 bridgehead atoms. The van der Waals surface area contributed by atoms with Crippen LogP contribution in [0.15, 0.2) is 84.6 Å². The van der Waals surface area contributed by atoms with Crippen molar-refractivity contribution in [2.75, 3.05) is 23.8 Å². The van der Waals surface area contributed by atoms with Crippen molar-refractivity contribution < 1.29 is 28.7 Å². The van der Waals surface area contributed by atoms with Crippen LogP contribution in [0.1, 0.15) is 40.1 Å². The van der Waals surface area contributed by atoms with Gasteiger partial charge < -0.3 is 25.1 Å². The minimum Gasteiger partial charge on any atom is -0.462 e. The molecule has 0 fully saturated rings. The van der Waals surface area contributed by atoms with Crippen LogP contribution in [0, 0.1) is 0 Å². The number of hydrogen-bond acceptors (Lipinski definition) is 6. The zero-order valence-corrected chi connectivity index (χ0v) is 21.4. The number of aromatic amines is 1. The molecule has 1 aromatic heterocycles. The number of rotatable bonds is 9. The Kier molecular flexibility index (Phi) is 8.53. The molecule has 2 amide bonds. The number of carbonyl (C=O) groups is 4. The van der Waals surface area contributed by atoms with Gasteiger partial charge in [0.15, 0.2) is 0 Å². The summed E-state index contributed by atoms with van der Waals surface area (Å²) in [6, 6.07) is 19.9. The van der Waals surface area contributed by atoms with Crippen LogP contribution in [0.5, 0.6) is 0 Å². The molecule has 0 unspecified atom stereocenters. The van der Waals surface area contributed by atoms with Crippen LogP contribution in [0.3, 0.4) is 0 Å². The Bertz CT molecular complexity index is 1460. The second kappa shape index (κ2) is 12.4. The number of aromatic nitrogens is 1. The van der Waals surface area contributed by atoms with Gasteiger partial charge in [0, 0.05) is 34.0 Å². The molecule has 198 valence electrons. The van der Waals surface area contributed by atoms with Crippen molar-refractivity contribution >= 4 is 52.1 Å². The van der Waals surface area contributed by atoms with E-state index in [0.29, 0.717) is 28.1 Å². The molecule has 0 aliphatic rings. The molecule has 3 aromatic carbocycles. The number of anilines is 2. The van der Waals surface area contributed by atoms with Gasteiger partial charge in [0.05, 0.1) is 24.3 Å². The minimum atomic E-state index is -0.648. The Balaban J connectivity index is 1.60. The highest BCUT2D eigenvalue weighted by Gasteiger charge is 2.20. The second-order valence-electron chi connectivity index (χ2n) is 8.35. The van der Waals surface area contributed by atoms with Gasteiger partial charge >= 0.3 is 11.9 Å². The summed E-state index contributed by atoms with van der Waals surface area (Å²) >= 11 is 0. The average Bonchev–Trinajstić information content (AvgIpc) is 3.35. The highest BCUT2D eigenvalue weighted by atomic mass is 16.5. The van der Waals surface area contributed by atoms with Crippen LogP contribution in [-0.2, 0) is 19.1 Å². The third-order valence-electron chi connectivity index (χ3n) is 5.72. The van der Waals surface area contributed by atoms with E-state index in [2.05, 4.69) is 15.6 Å². The molecule has 0 atom stereocenters. The summed E-state index contributed by atoms with van der Waals surface area (Å²) in [7, 11) is 0. The molecule has 39 heavy (non-hydrogen) atoms. The van der Waals surface area contributed by atoms with Gasteiger partial charge in [0.25, 0.3) is 11.8 Å². The van der Waals surface area contributed by atoms with Crippen LogP contribution in [-0.4, -0.2) is 42.0 Å². The van der Waals surface area contributed by atoms with Crippen LogP contribution < -0.4 is 10.6 Å². The Morgan fingerprint density at radius 3 is 1.69 bits per heavy atom. The monoisotopic (exact) mass is 525 g/mol. The molecule has 0 aliphatic carbocycles. The van der Waals surface area contributed by atoms with E-state index in [1.54, 1.807) is 44.3 Å². The first-order valence-electron chi connectivity index (χ1n) is 12.3. The quantitative estimate of drug-likeness (QED) is 0.120. The number of carbonyl (C=O) groups excluding carboxylic acids is 4. The normalized spacial score (nSPS) is 10.4. The third kappa shape index (κ3) is 6.58. The number of esters is 2. The van der Waals surface area contributed by atoms with Crippen molar-refractivity contribution in [3.8, 4) is 0 Å². The molecule has 1 heterocycles. The molecule has 0 aliphatic heterocycles. The highest BCUT2D eigenvalue weighted by Crippen LogP contribution is 2.22. The largest absolute Gasteiger partial charge is 0.462 e. The predicted molar refractivity (Wildman–Crippen MR) is 148 cm³/mol. The topological polar surface area (TPSA) is 127 Å². The molecule has 0 saturated carbocycles. The van der Waals surface area contributed by atoms with E-state index in [9.17, 15) is 19.2 Å². The first kappa shape index (κ1) is 26.9. The average molecular weight is 526 g/mol. The summed E-state index contributed by atoms with van der Waals surface area (Å²) in [5.41, 5.74) is 2.83. The van der Waals surface area contributed by atoms with Gasteiger partial charge in [0.2, 0.25) is 0 Å². The van der Waals surface area contributed by atoms with E-state index in [1.165, 1.54) is 30.3 Å². The van der Waals surface area contributed by atoms with Crippen molar-refractivity contribution in [2.24, 2.45) is 0 Å². The summed E-state index contributed by atoms with van der Waals surface area (Å²) in [6.07, 6.45) is 3.22. The standard InChI is InChI=1S/C30H27N3O6/c1-3-38-29(36)19-9-13-22(14-10-19)32-27(34)25(17-21-18-31-26-8-6-5-7-24(21)26)28(35)33-23-15-11-20(12-16-23)30(37)39-4-2/h5-18,31H,3-4H2,1-2H3,(H,32,34)(H,33,35). The molecule has 0 radical (unpaired) electrons. The minimum absolute atomic E-state index is 0.149. The lowest BCUT2D eigenvalue weighted by molar-refractivity contribution is -0.118. The van der Waals surface area contributed by atoms with E-state index in [4.69, 9.17) is 9.47 Å². The first-order chi connectivity index (χ1) is 18.9. The maximum Gasteiger partial charge on any atom is 0.338 e. The van der Waals surface area contributed by atoms with E-state index in [1.807, 2.05) is 24.3 Å². The van der Waals surface area contributed by atoms with Gasteiger partial charge in [-0.05, 0) is 74.5 Å². The molecule has 0 spiro atoms. The molecular formula is C30H27N3O6. The molecule has 9 heteroatoms. The summed E-state index contributed by atoms with van der Waals surface area (Å²) in [4.78, 5) is 53.7. The maximum absolute atomic E-state index is 13.3. The van der Waals surface area contributed by atoms with Crippen molar-refractivity contribution in [2.45, 2.75) is 13.8 Å². The predicted octanol–water partition coefficient (Wildman–Crippen LogP) is 5.18. The molecule has 4 aromatic rings. The number of ether oxygens (including phenoxy) is 2. The van der Waals surface area contributed by atoms with Gasteiger partial charge in [-0.15, -0.1) is 0 Å². The van der Waals surface area contributed by atoms with Crippen LogP contribution >= 0.6 is 0 Å². The Morgan fingerprint density at radius 1 is 0.718 bits per heavy atom. The Labute approximate surface area is 224 Å². The lowest BCUT2D eigenvalue weighted by Crippen LogP contribution is -2.25. The van der Waals surface area contributed by atoms with E-state index in [0.717, 1.165) is 10.9 Å². The fourth-order valence-electron chi connectivity index (χ4n) is 3.81. The van der Waals surface area contributed by atoms with Crippen molar-refractivity contribution in [1.82, 2.24) is 4.98 Å². The van der Waals surface area contributed by atoms with E-state index < -0.39 is 23.8 Å².